The van der Waals surface area contributed by atoms with E-state index in [-0.39, 0.29) is 11.9 Å². The van der Waals surface area contributed by atoms with Gasteiger partial charge in [0.15, 0.2) is 0 Å². The van der Waals surface area contributed by atoms with E-state index in [1.54, 1.807) is 4.90 Å². The van der Waals surface area contributed by atoms with Crippen LogP contribution in [0.4, 0.5) is 16.2 Å². The monoisotopic (exact) mass is 441 g/mol. The summed E-state index contributed by atoms with van der Waals surface area (Å²) in [7, 11) is 0. The normalized spacial score (nSPS) is 23.3. The minimum absolute atomic E-state index is 0.207. The number of hydrogen-bond donors (Lipinski definition) is 2. The number of carbonyl (C=O) groups is 2. The molecule has 0 unspecified atom stereocenters. The van der Waals surface area contributed by atoms with Gasteiger partial charge in [-0.2, -0.15) is 0 Å². The van der Waals surface area contributed by atoms with Crippen molar-refractivity contribution in [2.24, 2.45) is 5.92 Å². The number of rotatable bonds is 3. The number of aryl methyl sites for hydroxylation is 3. The smallest absolute Gasteiger partial charge is 0.325 e. The first-order valence-corrected chi connectivity index (χ1v) is 11.1. The Morgan fingerprint density at radius 1 is 1.00 bits per heavy atom. The summed E-state index contributed by atoms with van der Waals surface area (Å²) in [4.78, 5) is 28.7. The number of carbonyl (C=O) groups excluding carboxylic acids is 2. The Morgan fingerprint density at radius 3 is 2.42 bits per heavy atom. The fraction of sp³-hybridized carbons (Fsp3) is 0.259. The number of hydrogen-bond acceptors (Lipinski definition) is 3. The van der Waals surface area contributed by atoms with Gasteiger partial charge >= 0.3 is 6.03 Å². The molecule has 6 nitrogen and oxygen atoms in total. The molecule has 2 aliphatic rings. The van der Waals surface area contributed by atoms with E-state index in [4.69, 9.17) is 4.74 Å². The molecule has 0 radical (unpaired) electrons. The Morgan fingerprint density at radius 2 is 1.70 bits per heavy atom. The van der Waals surface area contributed by atoms with Crippen molar-refractivity contribution in [1.82, 2.24) is 5.32 Å². The third-order valence-corrected chi connectivity index (χ3v) is 6.62. The number of urea groups is 1. The van der Waals surface area contributed by atoms with E-state index in [0.717, 1.165) is 27.9 Å². The molecule has 2 aliphatic heterocycles. The molecule has 3 aromatic rings. The molecule has 3 aromatic carbocycles. The highest BCUT2D eigenvalue weighted by Gasteiger charge is 2.60. The van der Waals surface area contributed by atoms with Gasteiger partial charge < -0.3 is 15.4 Å². The molecule has 168 valence electrons. The number of anilines is 2. The molecule has 3 atom stereocenters. The summed E-state index contributed by atoms with van der Waals surface area (Å²) in [5.41, 5.74) is 4.18. The number of nitrogens with one attached hydrogen (secondary N) is 2. The molecule has 0 spiro atoms. The van der Waals surface area contributed by atoms with Crippen LogP contribution in [0.1, 0.15) is 35.2 Å². The van der Waals surface area contributed by atoms with Crippen LogP contribution in [0.3, 0.4) is 0 Å². The Hall–Kier alpha value is -3.80. The van der Waals surface area contributed by atoms with Crippen LogP contribution >= 0.6 is 0 Å². The highest BCUT2D eigenvalue weighted by atomic mass is 16.5. The van der Waals surface area contributed by atoms with Crippen molar-refractivity contribution in [1.29, 1.82) is 0 Å². The van der Waals surface area contributed by atoms with E-state index >= 15 is 0 Å². The van der Waals surface area contributed by atoms with Crippen LogP contribution in [0.25, 0.3) is 0 Å². The average Bonchev–Trinajstić information content (AvgIpc) is 2.76. The van der Waals surface area contributed by atoms with Gasteiger partial charge in [0.1, 0.15) is 11.7 Å². The second kappa shape index (κ2) is 7.66. The average molecular weight is 442 g/mol. The van der Waals surface area contributed by atoms with E-state index in [1.807, 2.05) is 94.4 Å². The maximum atomic E-state index is 13.8. The predicted molar refractivity (Wildman–Crippen MR) is 128 cm³/mol. The highest BCUT2D eigenvalue weighted by molar-refractivity contribution is 6.01. The van der Waals surface area contributed by atoms with E-state index in [0.29, 0.717) is 11.4 Å². The van der Waals surface area contributed by atoms with Crippen LogP contribution in [-0.4, -0.2) is 17.7 Å². The Kier molecular flexibility index (Phi) is 4.89. The fourth-order valence-corrected chi connectivity index (χ4v) is 4.98. The quantitative estimate of drug-likeness (QED) is 0.583. The third kappa shape index (κ3) is 3.42. The van der Waals surface area contributed by atoms with Crippen LogP contribution in [-0.2, 0) is 4.79 Å². The van der Waals surface area contributed by atoms with Gasteiger partial charge in [-0.15, -0.1) is 0 Å². The molecular weight excluding hydrogens is 414 g/mol. The number of fused-ring (bicyclic) bond motifs is 4. The van der Waals surface area contributed by atoms with Crippen molar-refractivity contribution in [2.45, 2.75) is 39.5 Å². The third-order valence-electron chi connectivity index (χ3n) is 6.62. The fourth-order valence-electron chi connectivity index (χ4n) is 4.98. The molecule has 5 rings (SSSR count). The SMILES string of the molecule is Cc1ccc(N2C(=O)N[C@H]3c4ccccc4O[C@@]2(C)[C@@H]3C(=O)Nc2ccc(C)cc2C)cc1. The van der Waals surface area contributed by atoms with Crippen LogP contribution in [0.2, 0.25) is 0 Å². The molecule has 33 heavy (non-hydrogen) atoms. The molecule has 1 fully saturated rings. The number of para-hydroxylation sites is 1. The van der Waals surface area contributed by atoms with E-state index in [9.17, 15) is 9.59 Å². The lowest BCUT2D eigenvalue weighted by molar-refractivity contribution is -0.131. The maximum absolute atomic E-state index is 13.8. The molecule has 2 bridgehead atoms. The minimum Gasteiger partial charge on any atom is -0.466 e. The summed E-state index contributed by atoms with van der Waals surface area (Å²) >= 11 is 0. The Bertz CT molecular complexity index is 1250. The largest absolute Gasteiger partial charge is 0.466 e. The van der Waals surface area contributed by atoms with Crippen molar-refractivity contribution in [3.8, 4) is 5.75 Å². The summed E-state index contributed by atoms with van der Waals surface area (Å²) in [6.07, 6.45) is 0. The van der Waals surface area contributed by atoms with Gasteiger partial charge in [-0.25, -0.2) is 4.79 Å². The summed E-state index contributed by atoms with van der Waals surface area (Å²) in [6, 6.07) is 20.3. The van der Waals surface area contributed by atoms with Gasteiger partial charge in [-0.05, 0) is 57.5 Å². The lowest BCUT2D eigenvalue weighted by Crippen LogP contribution is -2.72. The number of amides is 3. The highest BCUT2D eigenvalue weighted by Crippen LogP contribution is 2.49. The van der Waals surface area contributed by atoms with E-state index < -0.39 is 17.7 Å². The van der Waals surface area contributed by atoms with E-state index in [1.165, 1.54) is 0 Å². The van der Waals surface area contributed by atoms with Gasteiger partial charge in [-0.3, -0.25) is 9.69 Å². The zero-order valence-electron chi connectivity index (χ0n) is 19.2. The molecule has 2 N–H and O–H groups in total. The summed E-state index contributed by atoms with van der Waals surface area (Å²) in [5.74, 6) is -0.231. The van der Waals surface area contributed by atoms with Crippen LogP contribution in [0, 0.1) is 26.7 Å². The van der Waals surface area contributed by atoms with Gasteiger partial charge in [0.05, 0.1) is 6.04 Å². The predicted octanol–water partition coefficient (Wildman–Crippen LogP) is 5.25. The molecule has 6 heteroatoms. The molecule has 0 aromatic heterocycles. The van der Waals surface area contributed by atoms with Crippen molar-refractivity contribution in [3.63, 3.8) is 0 Å². The molecular formula is C27H27N3O3. The minimum atomic E-state index is -1.22. The zero-order valence-corrected chi connectivity index (χ0v) is 19.2. The van der Waals surface area contributed by atoms with Gasteiger partial charge in [-0.1, -0.05) is 53.6 Å². The zero-order chi connectivity index (χ0) is 23.3. The number of benzene rings is 3. The van der Waals surface area contributed by atoms with Crippen LogP contribution in [0.5, 0.6) is 5.75 Å². The topological polar surface area (TPSA) is 70.7 Å². The van der Waals surface area contributed by atoms with Crippen molar-refractivity contribution >= 4 is 23.3 Å². The van der Waals surface area contributed by atoms with E-state index in [2.05, 4.69) is 10.6 Å². The lowest BCUT2D eigenvalue weighted by Gasteiger charge is -2.54. The Balaban J connectivity index is 1.61. The number of ether oxygens (including phenoxy) is 1. The first kappa shape index (κ1) is 21.1. The molecule has 2 heterocycles. The summed E-state index contributed by atoms with van der Waals surface area (Å²) in [6.45, 7) is 7.80. The standard InChI is InChI=1S/C27H27N3O3/c1-16-9-12-19(13-10-16)30-26(32)29-24-20-7-5-6-8-22(20)33-27(30,4)23(24)25(31)28-21-14-11-17(2)15-18(21)3/h5-15,23-24H,1-4H3,(H,28,31)(H,29,32)/t23-,24-,27-/m0/s1. The van der Waals surface area contributed by atoms with Gasteiger partial charge in [0.2, 0.25) is 11.6 Å². The second-order valence-corrected chi connectivity index (χ2v) is 9.08. The first-order valence-electron chi connectivity index (χ1n) is 11.1. The number of nitrogens with zero attached hydrogens (tertiary/aromatic N) is 1. The van der Waals surface area contributed by atoms with Gasteiger partial charge in [0.25, 0.3) is 0 Å². The lowest BCUT2D eigenvalue weighted by atomic mass is 9.78. The second-order valence-electron chi connectivity index (χ2n) is 9.08. The summed E-state index contributed by atoms with van der Waals surface area (Å²) in [5, 5.41) is 6.17. The maximum Gasteiger partial charge on any atom is 0.325 e. The molecule has 0 aliphatic carbocycles. The summed E-state index contributed by atoms with van der Waals surface area (Å²) < 4.78 is 6.48. The van der Waals surface area contributed by atoms with Crippen molar-refractivity contribution in [2.75, 3.05) is 10.2 Å². The molecule has 1 saturated heterocycles. The molecule has 3 amide bonds. The van der Waals surface area contributed by atoms with Crippen molar-refractivity contribution in [3.05, 3.63) is 89.0 Å². The molecule has 0 saturated carbocycles. The van der Waals surface area contributed by atoms with Crippen LogP contribution in [0.15, 0.2) is 66.7 Å². The Labute approximate surface area is 193 Å². The first-order chi connectivity index (χ1) is 15.8. The van der Waals surface area contributed by atoms with Crippen molar-refractivity contribution < 1.29 is 14.3 Å². The van der Waals surface area contributed by atoms with Crippen LogP contribution < -0.4 is 20.3 Å². The van der Waals surface area contributed by atoms with Gasteiger partial charge in [0, 0.05) is 16.9 Å².